The number of allylic oxidation sites excluding steroid dienone is 4. The van der Waals surface area contributed by atoms with Crippen molar-refractivity contribution >= 4 is 3.27 Å². The van der Waals surface area contributed by atoms with Crippen LogP contribution in [0.3, 0.4) is 0 Å². The maximum absolute atomic E-state index is 2.44. The summed E-state index contributed by atoms with van der Waals surface area (Å²) in [6.45, 7) is 11.9. The van der Waals surface area contributed by atoms with Crippen LogP contribution in [0.4, 0.5) is 0 Å². The van der Waals surface area contributed by atoms with Crippen molar-refractivity contribution in [1.82, 2.24) is 0 Å². The summed E-state index contributed by atoms with van der Waals surface area (Å²) in [6, 6.07) is 16.0. The van der Waals surface area contributed by atoms with Gasteiger partial charge in [0.25, 0.3) is 0 Å². The molecule has 0 saturated carbocycles. The van der Waals surface area contributed by atoms with Gasteiger partial charge in [-0.05, 0) is 0 Å². The van der Waals surface area contributed by atoms with Crippen LogP contribution < -0.4 is 37.2 Å². The molecule has 3 heteroatoms. The number of halogens is 2. The van der Waals surface area contributed by atoms with Crippen molar-refractivity contribution in [2.75, 3.05) is 0 Å². The second-order valence-electron chi connectivity index (χ2n) is 7.55. The topological polar surface area (TPSA) is 0 Å². The van der Waals surface area contributed by atoms with Gasteiger partial charge in [0.15, 0.2) is 0 Å². The van der Waals surface area contributed by atoms with E-state index in [1.165, 1.54) is 23.1 Å². The standard InChI is InChI=1S/C13H9.C11H17.2BrH.Zr/c1-3-7-12-10(5-1)9-11-6-2-4-8-13(11)12;1-6-11-9(4)7(2)8(3)10(11)5;;;/h1-5,7-8H,9H2;6H2,1-5H3;2*1H;/q;;;;+2/p-2. The second kappa shape index (κ2) is 8.64. The summed E-state index contributed by atoms with van der Waals surface area (Å²) in [7, 11) is 0. The SMILES string of the molecule is CC[C]1([Zr+2][c]2cccc3c2Cc2ccccc2-3)C(C)=C(C)C(C)=C1C.[Br-].[Br-]. The molecular formula is C24H26Br2Zr. The summed E-state index contributed by atoms with van der Waals surface area (Å²) in [4.78, 5) is 0. The molecule has 0 spiro atoms. The van der Waals surface area contributed by atoms with Gasteiger partial charge >= 0.3 is 164 Å². The van der Waals surface area contributed by atoms with Gasteiger partial charge in [0.2, 0.25) is 0 Å². The summed E-state index contributed by atoms with van der Waals surface area (Å²) in [6.07, 6.45) is 2.38. The molecule has 0 unspecified atom stereocenters. The Kier molecular flexibility index (Phi) is 7.37. The summed E-state index contributed by atoms with van der Waals surface area (Å²) >= 11 is -0.807. The Morgan fingerprint density at radius 2 is 1.41 bits per heavy atom. The number of benzene rings is 2. The van der Waals surface area contributed by atoms with Crippen LogP contribution in [-0.2, 0) is 29.7 Å². The van der Waals surface area contributed by atoms with Crippen molar-refractivity contribution in [3.8, 4) is 11.1 Å². The number of hydrogen-bond donors (Lipinski definition) is 0. The first-order chi connectivity index (χ1) is 12.0. The normalized spacial score (nSPS) is 16.3. The van der Waals surface area contributed by atoms with E-state index in [0.717, 1.165) is 6.42 Å². The first-order valence-corrected chi connectivity index (χ1v) is 11.8. The predicted molar refractivity (Wildman–Crippen MR) is 104 cm³/mol. The van der Waals surface area contributed by atoms with Crippen LogP contribution in [0.5, 0.6) is 0 Å². The van der Waals surface area contributed by atoms with Crippen LogP contribution in [0.2, 0.25) is 3.12 Å². The largest absolute Gasteiger partial charge is 1.00 e. The van der Waals surface area contributed by atoms with Gasteiger partial charge in [-0.2, -0.15) is 0 Å². The fourth-order valence-electron chi connectivity index (χ4n) is 4.79. The molecule has 0 bridgehead atoms. The third-order valence-electron chi connectivity index (χ3n) is 6.70. The molecule has 2 aromatic carbocycles. The van der Waals surface area contributed by atoms with E-state index < -0.39 is 23.2 Å². The van der Waals surface area contributed by atoms with Crippen molar-refractivity contribution in [2.24, 2.45) is 0 Å². The Bertz CT molecular complexity index is 913. The Morgan fingerprint density at radius 3 is 2.04 bits per heavy atom. The predicted octanol–water partition coefficient (Wildman–Crippen LogP) is 0.229. The van der Waals surface area contributed by atoms with Crippen molar-refractivity contribution in [3.63, 3.8) is 0 Å². The van der Waals surface area contributed by atoms with Crippen LogP contribution in [0.15, 0.2) is 64.8 Å². The monoisotopic (exact) mass is 562 g/mol. The van der Waals surface area contributed by atoms with Crippen LogP contribution >= 0.6 is 0 Å². The number of rotatable bonds is 3. The first-order valence-electron chi connectivity index (χ1n) is 9.34. The van der Waals surface area contributed by atoms with Crippen LogP contribution in [0.25, 0.3) is 11.1 Å². The smallest absolute Gasteiger partial charge is 1.00 e. The van der Waals surface area contributed by atoms with Gasteiger partial charge in [0, 0.05) is 0 Å². The summed E-state index contributed by atoms with van der Waals surface area (Å²) in [5.74, 6) is 0. The average Bonchev–Trinajstić information content (AvgIpc) is 3.09. The number of hydrogen-bond acceptors (Lipinski definition) is 0. The van der Waals surface area contributed by atoms with Gasteiger partial charge in [-0.1, -0.05) is 0 Å². The Balaban J connectivity index is 0.00000131. The van der Waals surface area contributed by atoms with Gasteiger partial charge in [0.05, 0.1) is 0 Å². The molecule has 27 heavy (non-hydrogen) atoms. The quantitative estimate of drug-likeness (QED) is 0.427. The van der Waals surface area contributed by atoms with Crippen LogP contribution in [-0.4, -0.2) is 0 Å². The van der Waals surface area contributed by atoms with Crippen molar-refractivity contribution < 1.29 is 57.2 Å². The maximum atomic E-state index is 2.44. The molecule has 140 valence electrons. The molecule has 0 aliphatic heterocycles. The molecule has 0 radical (unpaired) electrons. The average molecular weight is 566 g/mol. The molecule has 4 rings (SSSR count). The minimum absolute atomic E-state index is 0. The molecule has 0 fully saturated rings. The molecule has 0 N–H and O–H groups in total. The molecule has 0 atom stereocenters. The van der Waals surface area contributed by atoms with Gasteiger partial charge in [-0.25, -0.2) is 0 Å². The van der Waals surface area contributed by atoms with E-state index in [0.29, 0.717) is 3.12 Å². The Labute approximate surface area is 196 Å². The molecule has 0 nitrogen and oxygen atoms in total. The van der Waals surface area contributed by atoms with E-state index in [1.807, 2.05) is 0 Å². The van der Waals surface area contributed by atoms with E-state index in [-0.39, 0.29) is 34.0 Å². The van der Waals surface area contributed by atoms with Gasteiger partial charge in [0.1, 0.15) is 0 Å². The summed E-state index contributed by atoms with van der Waals surface area (Å²) < 4.78 is 2.09. The van der Waals surface area contributed by atoms with Gasteiger partial charge in [-0.3, -0.25) is 0 Å². The third-order valence-corrected chi connectivity index (χ3v) is 12.3. The fraction of sp³-hybridized carbons (Fsp3) is 0.333. The van der Waals surface area contributed by atoms with Gasteiger partial charge in [-0.15, -0.1) is 0 Å². The molecule has 0 saturated heterocycles. The molecule has 0 aromatic heterocycles. The summed E-state index contributed by atoms with van der Waals surface area (Å²) in [5.41, 5.74) is 12.5. The van der Waals surface area contributed by atoms with Crippen molar-refractivity contribution in [1.29, 1.82) is 0 Å². The zero-order valence-corrected chi connectivity index (χ0v) is 22.3. The minimum Gasteiger partial charge on any atom is -1.00 e. The van der Waals surface area contributed by atoms with E-state index in [4.69, 9.17) is 0 Å². The first kappa shape index (κ1) is 23.0. The van der Waals surface area contributed by atoms with E-state index >= 15 is 0 Å². The van der Waals surface area contributed by atoms with E-state index in [9.17, 15) is 0 Å². The molecule has 0 heterocycles. The fourth-order valence-corrected chi connectivity index (χ4v) is 9.56. The molecule has 2 aromatic rings. The van der Waals surface area contributed by atoms with Crippen molar-refractivity contribution in [2.45, 2.75) is 50.6 Å². The molecule has 0 amide bonds. The van der Waals surface area contributed by atoms with Crippen molar-refractivity contribution in [3.05, 3.63) is 75.9 Å². The minimum atomic E-state index is -0.807. The number of fused-ring (bicyclic) bond motifs is 3. The van der Waals surface area contributed by atoms with E-state index in [2.05, 4.69) is 77.1 Å². The zero-order valence-electron chi connectivity index (χ0n) is 16.7. The van der Waals surface area contributed by atoms with Crippen LogP contribution in [0.1, 0.15) is 52.2 Å². The Morgan fingerprint density at radius 1 is 0.815 bits per heavy atom. The zero-order chi connectivity index (χ0) is 17.8. The van der Waals surface area contributed by atoms with Crippen LogP contribution in [0, 0.1) is 0 Å². The molecule has 2 aliphatic carbocycles. The molecular weight excluding hydrogens is 539 g/mol. The summed E-state index contributed by atoms with van der Waals surface area (Å²) in [5, 5.41) is 0. The van der Waals surface area contributed by atoms with Gasteiger partial charge < -0.3 is 34.0 Å². The molecule has 2 aliphatic rings. The second-order valence-corrected chi connectivity index (χ2v) is 11.6. The maximum Gasteiger partial charge on any atom is -1.00 e. The van der Waals surface area contributed by atoms with E-state index in [1.54, 1.807) is 31.1 Å². The third kappa shape index (κ3) is 3.47. The Hall–Kier alpha value is -0.237.